The molecule has 0 bridgehead atoms. The summed E-state index contributed by atoms with van der Waals surface area (Å²) in [4.78, 5) is 28.2. The van der Waals surface area contributed by atoms with Crippen LogP contribution < -0.4 is 11.2 Å². The maximum atomic E-state index is 12.2. The number of epoxide rings is 1. The van der Waals surface area contributed by atoms with Gasteiger partial charge in [-0.3, -0.25) is 13.9 Å². The summed E-state index contributed by atoms with van der Waals surface area (Å²) in [5.41, 5.74) is 0.193. The third-order valence-electron chi connectivity index (χ3n) is 2.99. The third kappa shape index (κ3) is 1.42. The van der Waals surface area contributed by atoms with E-state index in [1.165, 1.54) is 15.5 Å². The molecule has 0 radical (unpaired) electrons. The second kappa shape index (κ2) is 3.30. The van der Waals surface area contributed by atoms with Gasteiger partial charge >= 0.3 is 5.69 Å². The molecule has 0 amide bonds. The highest BCUT2D eigenvalue weighted by molar-refractivity contribution is 5.69. The lowest BCUT2D eigenvalue weighted by Gasteiger charge is -2.06. The van der Waals surface area contributed by atoms with Crippen LogP contribution in [0.2, 0.25) is 0 Å². The average molecular weight is 236 g/mol. The Balaban J connectivity index is 2.37. The molecule has 0 saturated carbocycles. The fourth-order valence-corrected chi connectivity index (χ4v) is 1.93. The fourth-order valence-electron chi connectivity index (χ4n) is 1.93. The Kier molecular flexibility index (Phi) is 1.99. The minimum Gasteiger partial charge on any atom is -0.371 e. The zero-order valence-electron chi connectivity index (χ0n) is 9.58. The molecular formula is C10H12N4O3. The van der Waals surface area contributed by atoms with E-state index in [0.717, 1.165) is 0 Å². The average Bonchev–Trinajstić information content (AvgIpc) is 3.04. The zero-order valence-corrected chi connectivity index (χ0v) is 9.58. The number of imidazole rings is 1. The highest BCUT2D eigenvalue weighted by atomic mass is 16.6. The third-order valence-corrected chi connectivity index (χ3v) is 2.99. The lowest BCUT2D eigenvalue weighted by atomic mass is 10.4. The summed E-state index contributed by atoms with van der Waals surface area (Å²) in [7, 11) is 3.35. The van der Waals surface area contributed by atoms with Crippen LogP contribution in [0.3, 0.4) is 0 Å². The van der Waals surface area contributed by atoms with Gasteiger partial charge in [0, 0.05) is 14.1 Å². The van der Waals surface area contributed by atoms with Crippen LogP contribution in [0.25, 0.3) is 11.2 Å². The smallest absolute Gasteiger partial charge is 0.332 e. The molecule has 7 heteroatoms. The summed E-state index contributed by atoms with van der Waals surface area (Å²) in [5.74, 6) is 0. The summed E-state index contributed by atoms with van der Waals surface area (Å²) < 4.78 is 9.28. The zero-order chi connectivity index (χ0) is 12.2. The Bertz CT molecular complexity index is 705. The van der Waals surface area contributed by atoms with E-state index in [9.17, 15) is 9.59 Å². The molecule has 2 aromatic heterocycles. The maximum Gasteiger partial charge on any atom is 0.332 e. The van der Waals surface area contributed by atoms with Crippen molar-refractivity contribution in [3.8, 4) is 0 Å². The molecule has 2 aromatic rings. The first-order chi connectivity index (χ1) is 8.09. The first kappa shape index (κ1) is 10.3. The van der Waals surface area contributed by atoms with Gasteiger partial charge in [0.25, 0.3) is 5.56 Å². The summed E-state index contributed by atoms with van der Waals surface area (Å²) in [5, 5.41) is 0. The van der Waals surface area contributed by atoms with Crippen LogP contribution in [-0.2, 0) is 25.4 Å². The van der Waals surface area contributed by atoms with Crippen molar-refractivity contribution in [2.45, 2.75) is 12.6 Å². The first-order valence-corrected chi connectivity index (χ1v) is 5.32. The molecule has 90 valence electrons. The van der Waals surface area contributed by atoms with E-state index >= 15 is 0 Å². The van der Waals surface area contributed by atoms with Crippen LogP contribution in [0.5, 0.6) is 0 Å². The standard InChI is InChI=1S/C10H12N4O3/c1-12-5-11-8-7(12)9(15)14(3-6-4-17-6)10(16)13(8)2/h5-6H,3-4H2,1-2H3/t6-/m1/s1. The fraction of sp³-hybridized carbons (Fsp3) is 0.500. The molecule has 1 aliphatic heterocycles. The Hall–Kier alpha value is -1.89. The van der Waals surface area contributed by atoms with Gasteiger partial charge in [0.1, 0.15) is 0 Å². The summed E-state index contributed by atoms with van der Waals surface area (Å²) in [6.45, 7) is 0.922. The number of ether oxygens (including phenoxy) is 1. The topological polar surface area (TPSA) is 74.3 Å². The highest BCUT2D eigenvalue weighted by Crippen LogP contribution is 2.10. The summed E-state index contributed by atoms with van der Waals surface area (Å²) in [6.07, 6.45) is 1.52. The molecule has 1 saturated heterocycles. The molecular weight excluding hydrogens is 224 g/mol. The predicted molar refractivity (Wildman–Crippen MR) is 60.0 cm³/mol. The number of aromatic nitrogens is 4. The number of fused-ring (bicyclic) bond motifs is 1. The number of hydrogen-bond donors (Lipinski definition) is 0. The molecule has 0 spiro atoms. The quantitative estimate of drug-likeness (QED) is 0.616. The number of rotatable bonds is 2. The van der Waals surface area contributed by atoms with Crippen LogP contribution in [0.15, 0.2) is 15.9 Å². The molecule has 3 heterocycles. The van der Waals surface area contributed by atoms with E-state index in [0.29, 0.717) is 24.3 Å². The maximum absolute atomic E-state index is 12.2. The van der Waals surface area contributed by atoms with Gasteiger partial charge in [0.2, 0.25) is 0 Å². The number of aryl methyl sites for hydroxylation is 2. The molecule has 3 rings (SSSR count). The Morgan fingerprint density at radius 1 is 1.47 bits per heavy atom. The van der Waals surface area contributed by atoms with Gasteiger partial charge < -0.3 is 9.30 Å². The van der Waals surface area contributed by atoms with E-state index in [1.54, 1.807) is 18.7 Å². The second-order valence-corrected chi connectivity index (χ2v) is 4.24. The molecule has 0 N–H and O–H groups in total. The highest BCUT2D eigenvalue weighted by Gasteiger charge is 2.26. The van der Waals surface area contributed by atoms with Crippen LogP contribution in [-0.4, -0.2) is 31.4 Å². The van der Waals surface area contributed by atoms with Crippen LogP contribution >= 0.6 is 0 Å². The molecule has 0 aliphatic carbocycles. The molecule has 1 fully saturated rings. The van der Waals surface area contributed by atoms with Crippen molar-refractivity contribution in [1.29, 1.82) is 0 Å². The van der Waals surface area contributed by atoms with E-state index in [4.69, 9.17) is 4.74 Å². The number of nitrogens with zero attached hydrogens (tertiary/aromatic N) is 4. The van der Waals surface area contributed by atoms with E-state index < -0.39 is 0 Å². The largest absolute Gasteiger partial charge is 0.371 e. The van der Waals surface area contributed by atoms with Crippen molar-refractivity contribution < 1.29 is 4.74 Å². The van der Waals surface area contributed by atoms with E-state index in [1.807, 2.05) is 0 Å². The van der Waals surface area contributed by atoms with Crippen LogP contribution in [0.4, 0.5) is 0 Å². The first-order valence-electron chi connectivity index (χ1n) is 5.32. The molecule has 0 aromatic carbocycles. The van der Waals surface area contributed by atoms with Crippen molar-refractivity contribution in [2.24, 2.45) is 14.1 Å². The van der Waals surface area contributed by atoms with E-state index in [2.05, 4.69) is 4.98 Å². The molecule has 7 nitrogen and oxygen atoms in total. The molecule has 17 heavy (non-hydrogen) atoms. The summed E-state index contributed by atoms with van der Waals surface area (Å²) >= 11 is 0. The van der Waals surface area contributed by atoms with Gasteiger partial charge in [-0.2, -0.15) is 0 Å². The second-order valence-electron chi connectivity index (χ2n) is 4.24. The Morgan fingerprint density at radius 3 is 2.82 bits per heavy atom. The number of hydrogen-bond acceptors (Lipinski definition) is 4. The Morgan fingerprint density at radius 2 is 2.18 bits per heavy atom. The molecule has 1 atom stereocenters. The van der Waals surface area contributed by atoms with Gasteiger partial charge in [-0.15, -0.1) is 0 Å². The molecule has 1 aliphatic rings. The van der Waals surface area contributed by atoms with Crippen LogP contribution in [0, 0.1) is 0 Å². The van der Waals surface area contributed by atoms with Gasteiger partial charge in [0.05, 0.1) is 25.6 Å². The summed E-state index contributed by atoms with van der Waals surface area (Å²) in [6, 6.07) is 0. The minimum absolute atomic E-state index is 0.00826. The van der Waals surface area contributed by atoms with Crippen molar-refractivity contribution in [3.63, 3.8) is 0 Å². The van der Waals surface area contributed by atoms with Crippen molar-refractivity contribution in [2.75, 3.05) is 6.61 Å². The Labute approximate surface area is 95.9 Å². The molecule has 0 unspecified atom stereocenters. The van der Waals surface area contributed by atoms with Crippen molar-refractivity contribution in [3.05, 3.63) is 27.2 Å². The lowest BCUT2D eigenvalue weighted by molar-refractivity contribution is 0.375. The van der Waals surface area contributed by atoms with Crippen LogP contribution in [0.1, 0.15) is 0 Å². The van der Waals surface area contributed by atoms with E-state index in [-0.39, 0.29) is 17.4 Å². The SMILES string of the molecule is Cn1cnc2c1c(=O)n(C[C@@H]1CO1)c(=O)n2C. The predicted octanol–water partition coefficient (Wildman–Crippen LogP) is -1.17. The van der Waals surface area contributed by atoms with Gasteiger partial charge in [-0.05, 0) is 0 Å². The minimum atomic E-state index is -0.350. The van der Waals surface area contributed by atoms with Gasteiger partial charge in [0.15, 0.2) is 11.2 Å². The van der Waals surface area contributed by atoms with Crippen molar-refractivity contribution >= 4 is 11.2 Å². The lowest BCUT2D eigenvalue weighted by Crippen LogP contribution is -2.40. The van der Waals surface area contributed by atoms with Gasteiger partial charge in [-0.25, -0.2) is 9.78 Å². The van der Waals surface area contributed by atoms with Gasteiger partial charge in [-0.1, -0.05) is 0 Å². The van der Waals surface area contributed by atoms with Crippen molar-refractivity contribution in [1.82, 2.24) is 18.7 Å². The monoisotopic (exact) mass is 236 g/mol. The normalized spacial score (nSPS) is 18.8.